The molecular weight excluding hydrogens is 239 g/mol. The maximum absolute atomic E-state index is 12.2. The third kappa shape index (κ3) is 2.19. The highest BCUT2D eigenvalue weighted by atomic mass is 32.1. The molecule has 0 saturated heterocycles. The van der Waals surface area contributed by atoms with Crippen LogP contribution in [0.4, 0.5) is 13.2 Å². The summed E-state index contributed by atoms with van der Waals surface area (Å²) < 4.78 is 37.8. The van der Waals surface area contributed by atoms with Gasteiger partial charge in [0.1, 0.15) is 6.33 Å². The molecule has 0 amide bonds. The molecule has 0 aliphatic heterocycles. The molecule has 1 aromatic carbocycles. The highest BCUT2D eigenvalue weighted by molar-refractivity contribution is 7.80. The lowest BCUT2D eigenvalue weighted by Gasteiger charge is -2.01. The molecule has 2 rings (SSSR count). The molecule has 0 spiro atoms. The minimum absolute atomic E-state index is 0.482. The van der Waals surface area contributed by atoms with Gasteiger partial charge >= 0.3 is 6.18 Å². The van der Waals surface area contributed by atoms with E-state index in [1.54, 1.807) is 24.3 Å². The molecule has 0 aliphatic carbocycles. The zero-order valence-electron chi connectivity index (χ0n) is 7.81. The number of rotatable bonds is 1. The Morgan fingerprint density at radius 2 is 2.00 bits per heavy atom. The Labute approximate surface area is 94.3 Å². The standard InChI is InChI=1S/C9H6F3N3S/c10-9(11,12)8-13-5-15(14-8)6-2-1-3-7(16)4-6/h1-5,16H. The van der Waals surface area contributed by atoms with E-state index in [-0.39, 0.29) is 0 Å². The first-order valence-electron chi connectivity index (χ1n) is 4.25. The van der Waals surface area contributed by atoms with Gasteiger partial charge < -0.3 is 0 Å². The monoisotopic (exact) mass is 245 g/mol. The first-order valence-corrected chi connectivity index (χ1v) is 4.70. The Hall–Kier alpha value is -1.50. The van der Waals surface area contributed by atoms with E-state index in [9.17, 15) is 13.2 Å². The highest BCUT2D eigenvalue weighted by Crippen LogP contribution is 2.26. The second-order valence-corrected chi connectivity index (χ2v) is 3.55. The van der Waals surface area contributed by atoms with E-state index in [2.05, 4.69) is 22.7 Å². The summed E-state index contributed by atoms with van der Waals surface area (Å²) in [7, 11) is 0. The summed E-state index contributed by atoms with van der Waals surface area (Å²) in [6, 6.07) is 6.60. The van der Waals surface area contributed by atoms with Crippen molar-refractivity contribution in [2.45, 2.75) is 11.1 Å². The van der Waals surface area contributed by atoms with Crippen LogP contribution in [0.5, 0.6) is 0 Å². The lowest BCUT2D eigenvalue weighted by molar-refractivity contribution is -0.144. The van der Waals surface area contributed by atoms with E-state index >= 15 is 0 Å². The van der Waals surface area contributed by atoms with Gasteiger partial charge in [0.15, 0.2) is 0 Å². The van der Waals surface area contributed by atoms with Gasteiger partial charge in [-0.2, -0.15) is 13.2 Å². The van der Waals surface area contributed by atoms with Crippen LogP contribution < -0.4 is 0 Å². The fourth-order valence-corrected chi connectivity index (χ4v) is 1.37. The van der Waals surface area contributed by atoms with Gasteiger partial charge in [-0.15, -0.1) is 17.7 Å². The van der Waals surface area contributed by atoms with Crippen LogP contribution >= 0.6 is 12.6 Å². The predicted molar refractivity (Wildman–Crippen MR) is 53.6 cm³/mol. The molecule has 84 valence electrons. The molecule has 0 unspecified atom stereocenters. The fourth-order valence-electron chi connectivity index (χ4n) is 1.15. The molecule has 0 atom stereocenters. The minimum atomic E-state index is -4.52. The molecule has 16 heavy (non-hydrogen) atoms. The van der Waals surface area contributed by atoms with Gasteiger partial charge in [0.2, 0.25) is 0 Å². The van der Waals surface area contributed by atoms with Gasteiger partial charge in [-0.05, 0) is 18.2 Å². The van der Waals surface area contributed by atoms with Gasteiger partial charge in [0.25, 0.3) is 5.82 Å². The van der Waals surface area contributed by atoms with Crippen molar-refractivity contribution in [3.63, 3.8) is 0 Å². The lowest BCUT2D eigenvalue weighted by Crippen LogP contribution is -2.08. The van der Waals surface area contributed by atoms with Gasteiger partial charge in [-0.25, -0.2) is 9.67 Å². The summed E-state index contributed by atoms with van der Waals surface area (Å²) in [5.41, 5.74) is 0.482. The molecule has 2 aromatic rings. The van der Waals surface area contributed by atoms with Crippen molar-refractivity contribution in [1.29, 1.82) is 0 Å². The van der Waals surface area contributed by atoms with Crippen molar-refractivity contribution in [3.8, 4) is 5.69 Å². The topological polar surface area (TPSA) is 30.7 Å². The summed E-state index contributed by atoms with van der Waals surface area (Å²) in [5.74, 6) is -1.16. The van der Waals surface area contributed by atoms with E-state index in [1.165, 1.54) is 0 Å². The Morgan fingerprint density at radius 3 is 2.56 bits per heavy atom. The van der Waals surface area contributed by atoms with Crippen LogP contribution in [0, 0.1) is 0 Å². The predicted octanol–water partition coefficient (Wildman–Crippen LogP) is 2.57. The number of alkyl halides is 3. The van der Waals surface area contributed by atoms with E-state index in [0.29, 0.717) is 10.6 Å². The molecular formula is C9H6F3N3S. The van der Waals surface area contributed by atoms with Gasteiger partial charge in [0, 0.05) is 4.90 Å². The number of halogens is 3. The molecule has 0 fully saturated rings. The van der Waals surface area contributed by atoms with Crippen LogP contribution in [0.3, 0.4) is 0 Å². The molecule has 0 saturated carbocycles. The third-order valence-electron chi connectivity index (χ3n) is 1.84. The summed E-state index contributed by atoms with van der Waals surface area (Å²) >= 11 is 4.08. The van der Waals surface area contributed by atoms with Crippen LogP contribution in [0.25, 0.3) is 5.69 Å². The summed E-state index contributed by atoms with van der Waals surface area (Å²) in [4.78, 5) is 3.84. The van der Waals surface area contributed by atoms with E-state index < -0.39 is 12.0 Å². The molecule has 3 nitrogen and oxygen atoms in total. The number of hydrogen-bond acceptors (Lipinski definition) is 3. The molecule has 0 radical (unpaired) electrons. The second kappa shape index (κ2) is 3.82. The Bertz CT molecular complexity index is 507. The molecule has 0 aliphatic rings. The van der Waals surface area contributed by atoms with Crippen LogP contribution in [0.2, 0.25) is 0 Å². The van der Waals surface area contributed by atoms with Crippen LogP contribution in [-0.4, -0.2) is 14.8 Å². The molecule has 0 N–H and O–H groups in total. The number of nitrogens with zero attached hydrogens (tertiary/aromatic N) is 3. The lowest BCUT2D eigenvalue weighted by atomic mass is 10.3. The number of hydrogen-bond donors (Lipinski definition) is 1. The Balaban J connectivity index is 2.39. The first-order chi connectivity index (χ1) is 7.47. The number of benzene rings is 1. The normalized spacial score (nSPS) is 11.8. The summed E-state index contributed by atoms with van der Waals surface area (Å²) in [6.45, 7) is 0. The number of aromatic nitrogens is 3. The number of thiol groups is 1. The zero-order valence-corrected chi connectivity index (χ0v) is 8.70. The van der Waals surface area contributed by atoms with E-state index in [0.717, 1.165) is 11.0 Å². The highest BCUT2D eigenvalue weighted by Gasteiger charge is 2.35. The van der Waals surface area contributed by atoms with Gasteiger partial charge in [0.05, 0.1) is 5.69 Å². The van der Waals surface area contributed by atoms with Crippen molar-refractivity contribution in [3.05, 3.63) is 36.4 Å². The Kier molecular flexibility index (Phi) is 2.63. The quantitative estimate of drug-likeness (QED) is 0.783. The van der Waals surface area contributed by atoms with Crippen LogP contribution in [0.15, 0.2) is 35.5 Å². The van der Waals surface area contributed by atoms with Crippen molar-refractivity contribution < 1.29 is 13.2 Å². The zero-order chi connectivity index (χ0) is 11.8. The summed E-state index contributed by atoms with van der Waals surface area (Å²) in [6.07, 6.45) is -3.50. The summed E-state index contributed by atoms with van der Waals surface area (Å²) in [5, 5.41) is 3.34. The maximum Gasteiger partial charge on any atom is 0.453 e. The minimum Gasteiger partial charge on any atom is -0.220 e. The van der Waals surface area contributed by atoms with Crippen LogP contribution in [0.1, 0.15) is 5.82 Å². The average molecular weight is 245 g/mol. The average Bonchev–Trinajstić information content (AvgIpc) is 2.65. The van der Waals surface area contributed by atoms with Gasteiger partial charge in [-0.3, -0.25) is 0 Å². The molecule has 0 bridgehead atoms. The van der Waals surface area contributed by atoms with E-state index in [1.807, 2.05) is 0 Å². The second-order valence-electron chi connectivity index (χ2n) is 3.03. The molecule has 1 heterocycles. The maximum atomic E-state index is 12.2. The van der Waals surface area contributed by atoms with Crippen molar-refractivity contribution >= 4 is 12.6 Å². The van der Waals surface area contributed by atoms with Crippen molar-refractivity contribution in [2.24, 2.45) is 0 Å². The third-order valence-corrected chi connectivity index (χ3v) is 2.12. The fraction of sp³-hybridized carbons (Fsp3) is 0.111. The van der Waals surface area contributed by atoms with Gasteiger partial charge in [-0.1, -0.05) is 6.07 Å². The smallest absolute Gasteiger partial charge is 0.220 e. The largest absolute Gasteiger partial charge is 0.453 e. The SMILES string of the molecule is FC(F)(F)c1ncn(-c2cccc(S)c2)n1. The van der Waals surface area contributed by atoms with Crippen LogP contribution in [-0.2, 0) is 6.18 Å². The molecule has 7 heteroatoms. The van der Waals surface area contributed by atoms with E-state index in [4.69, 9.17) is 0 Å². The van der Waals surface area contributed by atoms with Crippen molar-refractivity contribution in [2.75, 3.05) is 0 Å². The van der Waals surface area contributed by atoms with Crippen molar-refractivity contribution in [1.82, 2.24) is 14.8 Å². The molecule has 1 aromatic heterocycles. The Morgan fingerprint density at radius 1 is 1.25 bits per heavy atom. The first kappa shape index (κ1) is 11.0.